The number of unbranched alkanes of at least 4 members (excludes halogenated alkanes) is 1. The van der Waals surface area contributed by atoms with E-state index in [2.05, 4.69) is 55.6 Å². The third-order valence-electron chi connectivity index (χ3n) is 7.02. The summed E-state index contributed by atoms with van der Waals surface area (Å²) in [6.07, 6.45) is 3.36. The monoisotopic (exact) mass is 506 g/mol. The van der Waals surface area contributed by atoms with Crippen LogP contribution in [0.15, 0.2) is 97.1 Å². The van der Waals surface area contributed by atoms with Crippen molar-refractivity contribution in [2.24, 2.45) is 0 Å². The van der Waals surface area contributed by atoms with Crippen LogP contribution in [-0.2, 0) is 29.0 Å². The van der Waals surface area contributed by atoms with Crippen LogP contribution >= 0.6 is 0 Å². The summed E-state index contributed by atoms with van der Waals surface area (Å²) in [6, 6.07) is 32.1. The summed E-state index contributed by atoms with van der Waals surface area (Å²) in [5, 5.41) is 5.45. The maximum Gasteiger partial charge on any atom is 0.243 e. The lowest BCUT2D eigenvalue weighted by Gasteiger charge is -2.32. The van der Waals surface area contributed by atoms with Gasteiger partial charge in [-0.2, -0.15) is 0 Å². The molecule has 0 heterocycles. The van der Waals surface area contributed by atoms with Crippen molar-refractivity contribution in [3.05, 3.63) is 119 Å². The van der Waals surface area contributed by atoms with E-state index in [1.165, 1.54) is 10.8 Å². The molecule has 0 aliphatic rings. The summed E-state index contributed by atoms with van der Waals surface area (Å²) in [4.78, 5) is 29.3. The quantitative estimate of drug-likeness (QED) is 0.219. The summed E-state index contributed by atoms with van der Waals surface area (Å²) < 4.78 is 0. The Balaban J connectivity index is 1.63. The van der Waals surface area contributed by atoms with Crippen LogP contribution in [0.2, 0.25) is 0 Å². The number of carbonyl (C=O) groups excluding carboxylic acids is 2. The molecule has 196 valence electrons. The van der Waals surface area contributed by atoms with Crippen LogP contribution in [0.1, 0.15) is 48.4 Å². The Hall–Kier alpha value is -3.92. The molecule has 0 aromatic heterocycles. The van der Waals surface area contributed by atoms with Crippen molar-refractivity contribution in [3.63, 3.8) is 0 Å². The number of aryl methyl sites for hydroxylation is 2. The number of hydrogen-bond acceptors (Lipinski definition) is 2. The van der Waals surface area contributed by atoms with Crippen molar-refractivity contribution in [2.75, 3.05) is 6.54 Å². The summed E-state index contributed by atoms with van der Waals surface area (Å²) >= 11 is 0. The molecule has 0 aliphatic carbocycles. The van der Waals surface area contributed by atoms with Gasteiger partial charge in [0.05, 0.1) is 0 Å². The second-order valence-electron chi connectivity index (χ2n) is 10.00. The molecular formula is C34H38N2O2. The number of nitrogens with zero attached hydrogens (tertiary/aromatic N) is 1. The zero-order chi connectivity index (χ0) is 26.7. The van der Waals surface area contributed by atoms with Crippen molar-refractivity contribution < 1.29 is 9.59 Å². The maximum atomic E-state index is 14.0. The van der Waals surface area contributed by atoms with Crippen LogP contribution in [0, 0.1) is 6.92 Å². The molecule has 4 heteroatoms. The molecule has 0 bridgehead atoms. The van der Waals surface area contributed by atoms with E-state index in [4.69, 9.17) is 0 Å². The van der Waals surface area contributed by atoms with E-state index >= 15 is 0 Å². The molecule has 1 N–H and O–H groups in total. The van der Waals surface area contributed by atoms with Gasteiger partial charge in [-0.25, -0.2) is 0 Å². The molecule has 0 spiro atoms. The molecule has 0 aliphatic heterocycles. The molecule has 4 rings (SSSR count). The van der Waals surface area contributed by atoms with Crippen LogP contribution < -0.4 is 5.32 Å². The third-order valence-corrected chi connectivity index (χ3v) is 7.02. The van der Waals surface area contributed by atoms with Crippen molar-refractivity contribution in [3.8, 4) is 0 Å². The van der Waals surface area contributed by atoms with Gasteiger partial charge in [-0.3, -0.25) is 9.59 Å². The zero-order valence-electron chi connectivity index (χ0n) is 22.5. The van der Waals surface area contributed by atoms with Crippen LogP contribution in [0.4, 0.5) is 0 Å². The predicted octanol–water partition coefficient (Wildman–Crippen LogP) is 6.64. The Labute approximate surface area is 226 Å². The fourth-order valence-corrected chi connectivity index (χ4v) is 4.96. The largest absolute Gasteiger partial charge is 0.354 e. The van der Waals surface area contributed by atoms with Gasteiger partial charge in [0.25, 0.3) is 0 Å². The second-order valence-corrected chi connectivity index (χ2v) is 10.00. The van der Waals surface area contributed by atoms with E-state index in [-0.39, 0.29) is 11.8 Å². The molecule has 4 aromatic carbocycles. The van der Waals surface area contributed by atoms with Crippen LogP contribution in [-0.4, -0.2) is 29.3 Å². The molecule has 4 nitrogen and oxygen atoms in total. The van der Waals surface area contributed by atoms with E-state index in [9.17, 15) is 9.59 Å². The van der Waals surface area contributed by atoms with Gasteiger partial charge < -0.3 is 10.2 Å². The van der Waals surface area contributed by atoms with E-state index in [1.807, 2.05) is 60.7 Å². The maximum absolute atomic E-state index is 14.0. The predicted molar refractivity (Wildman–Crippen MR) is 156 cm³/mol. The molecule has 4 aromatic rings. The molecule has 1 unspecified atom stereocenters. The molecular weight excluding hydrogens is 468 g/mol. The van der Waals surface area contributed by atoms with Crippen molar-refractivity contribution >= 4 is 22.6 Å². The highest BCUT2D eigenvalue weighted by Crippen LogP contribution is 2.22. The van der Waals surface area contributed by atoms with Crippen LogP contribution in [0.5, 0.6) is 0 Å². The lowest BCUT2D eigenvalue weighted by atomic mass is 9.99. The number of nitrogens with one attached hydrogen (secondary N) is 1. The zero-order valence-corrected chi connectivity index (χ0v) is 22.5. The Morgan fingerprint density at radius 3 is 2.34 bits per heavy atom. The van der Waals surface area contributed by atoms with E-state index in [1.54, 1.807) is 4.90 Å². The lowest BCUT2D eigenvalue weighted by molar-refractivity contribution is -0.141. The Bertz CT molecular complexity index is 1340. The minimum atomic E-state index is -0.588. The minimum Gasteiger partial charge on any atom is -0.354 e. The number of amides is 2. The first kappa shape index (κ1) is 27.1. The first-order valence-electron chi connectivity index (χ1n) is 13.7. The van der Waals surface area contributed by atoms with Crippen molar-refractivity contribution in [2.45, 2.75) is 58.5 Å². The molecule has 0 radical (unpaired) electrons. The van der Waals surface area contributed by atoms with Gasteiger partial charge in [0.2, 0.25) is 11.8 Å². The molecule has 0 fully saturated rings. The summed E-state index contributed by atoms with van der Waals surface area (Å²) in [6.45, 7) is 5.17. The Morgan fingerprint density at radius 1 is 0.842 bits per heavy atom. The molecule has 0 saturated heterocycles. The number of benzene rings is 4. The number of hydrogen-bond donors (Lipinski definition) is 1. The van der Waals surface area contributed by atoms with E-state index < -0.39 is 6.04 Å². The average Bonchev–Trinajstić information content (AvgIpc) is 2.94. The topological polar surface area (TPSA) is 49.4 Å². The fourth-order valence-electron chi connectivity index (χ4n) is 4.96. The van der Waals surface area contributed by atoms with Gasteiger partial charge in [-0.05, 0) is 47.2 Å². The van der Waals surface area contributed by atoms with Gasteiger partial charge in [-0.1, -0.05) is 116 Å². The number of fused-ring (bicyclic) bond motifs is 1. The highest BCUT2D eigenvalue weighted by atomic mass is 16.2. The molecule has 2 amide bonds. The summed E-state index contributed by atoms with van der Waals surface area (Å²) in [5.74, 6) is -0.0977. The van der Waals surface area contributed by atoms with Crippen molar-refractivity contribution in [1.82, 2.24) is 10.2 Å². The van der Waals surface area contributed by atoms with Gasteiger partial charge >= 0.3 is 0 Å². The number of rotatable bonds is 12. The standard InChI is InChI=1S/C34H38N2O2/c1-3-4-22-35-34(38)32(24-27-13-6-5-7-14-27)36(25-28-15-10-12-26(2)23-28)33(37)21-20-30-18-11-17-29-16-8-9-19-31(29)30/h5-19,23,32H,3-4,20-22,24-25H2,1-2H3,(H,35,38). The third kappa shape index (κ3) is 7.32. The first-order valence-corrected chi connectivity index (χ1v) is 13.7. The first-order chi connectivity index (χ1) is 18.5. The second kappa shape index (κ2) is 13.6. The molecule has 1 atom stereocenters. The van der Waals surface area contributed by atoms with Crippen LogP contribution in [0.3, 0.4) is 0 Å². The summed E-state index contributed by atoms with van der Waals surface area (Å²) in [5.41, 5.74) is 4.36. The Kier molecular flexibility index (Phi) is 9.69. The average molecular weight is 507 g/mol. The molecule has 38 heavy (non-hydrogen) atoms. The highest BCUT2D eigenvalue weighted by Gasteiger charge is 2.30. The van der Waals surface area contributed by atoms with E-state index in [0.717, 1.165) is 35.1 Å². The highest BCUT2D eigenvalue weighted by molar-refractivity contribution is 5.89. The molecule has 0 saturated carbocycles. The summed E-state index contributed by atoms with van der Waals surface area (Å²) in [7, 11) is 0. The van der Waals surface area contributed by atoms with Gasteiger partial charge in [0.1, 0.15) is 6.04 Å². The smallest absolute Gasteiger partial charge is 0.243 e. The van der Waals surface area contributed by atoms with Crippen molar-refractivity contribution in [1.29, 1.82) is 0 Å². The van der Waals surface area contributed by atoms with Gasteiger partial charge in [-0.15, -0.1) is 0 Å². The fraction of sp³-hybridized carbons (Fsp3) is 0.294. The number of carbonyl (C=O) groups is 2. The van der Waals surface area contributed by atoms with Gasteiger partial charge in [0, 0.05) is 25.9 Å². The Morgan fingerprint density at radius 2 is 1.55 bits per heavy atom. The van der Waals surface area contributed by atoms with E-state index in [0.29, 0.717) is 32.4 Å². The lowest BCUT2D eigenvalue weighted by Crippen LogP contribution is -2.50. The SMILES string of the molecule is CCCCNC(=O)C(Cc1ccccc1)N(Cc1cccc(C)c1)C(=O)CCc1cccc2ccccc12. The minimum absolute atomic E-state index is 0.00832. The van der Waals surface area contributed by atoms with Gasteiger partial charge in [0.15, 0.2) is 0 Å². The van der Waals surface area contributed by atoms with Crippen LogP contribution in [0.25, 0.3) is 10.8 Å². The normalized spacial score (nSPS) is 11.7.